The molecule has 4 rings (SSSR count). The summed E-state index contributed by atoms with van der Waals surface area (Å²) >= 11 is 0. The molecule has 0 bridgehead atoms. The SMILES string of the molecule is O[C@@H]1CCOC[C@@H]1[C@@H]1CCCN1c1noc(-c2ccccc2)n1. The van der Waals surface area contributed by atoms with Crippen LogP contribution in [-0.2, 0) is 4.74 Å². The molecular formula is C17H21N3O3. The van der Waals surface area contributed by atoms with Gasteiger partial charge in [-0.05, 0) is 36.6 Å². The zero-order chi connectivity index (χ0) is 15.6. The minimum atomic E-state index is -0.310. The molecule has 2 aromatic rings. The number of hydrogen-bond acceptors (Lipinski definition) is 6. The van der Waals surface area contributed by atoms with Gasteiger partial charge in [0.2, 0.25) is 0 Å². The number of anilines is 1. The van der Waals surface area contributed by atoms with Crippen molar-refractivity contribution in [1.82, 2.24) is 10.1 Å². The maximum atomic E-state index is 10.3. The molecule has 2 aliphatic rings. The van der Waals surface area contributed by atoms with Crippen molar-refractivity contribution in [3.05, 3.63) is 30.3 Å². The highest BCUT2D eigenvalue weighted by Gasteiger charge is 2.39. The Bertz CT molecular complexity index is 646. The monoisotopic (exact) mass is 315 g/mol. The van der Waals surface area contributed by atoms with E-state index in [9.17, 15) is 5.11 Å². The van der Waals surface area contributed by atoms with E-state index in [4.69, 9.17) is 9.26 Å². The predicted octanol–water partition coefficient (Wildman–Crippen LogP) is 2.10. The van der Waals surface area contributed by atoms with Crippen LogP contribution in [0, 0.1) is 5.92 Å². The van der Waals surface area contributed by atoms with Gasteiger partial charge in [-0.25, -0.2) is 0 Å². The summed E-state index contributed by atoms with van der Waals surface area (Å²) in [6, 6.07) is 9.99. The van der Waals surface area contributed by atoms with Crippen molar-refractivity contribution in [1.29, 1.82) is 0 Å². The van der Waals surface area contributed by atoms with Crippen LogP contribution in [0.5, 0.6) is 0 Å². The van der Waals surface area contributed by atoms with Crippen LogP contribution in [0.2, 0.25) is 0 Å². The molecule has 3 heterocycles. The number of benzene rings is 1. The van der Waals surface area contributed by atoms with Gasteiger partial charge in [-0.15, -0.1) is 0 Å². The zero-order valence-corrected chi connectivity index (χ0v) is 13.0. The first-order valence-electron chi connectivity index (χ1n) is 8.24. The Labute approximate surface area is 135 Å². The van der Waals surface area contributed by atoms with Gasteiger partial charge in [-0.3, -0.25) is 0 Å². The second-order valence-electron chi connectivity index (χ2n) is 6.26. The number of hydrogen-bond donors (Lipinski definition) is 1. The molecule has 3 atom stereocenters. The maximum absolute atomic E-state index is 10.3. The second-order valence-corrected chi connectivity index (χ2v) is 6.26. The summed E-state index contributed by atoms with van der Waals surface area (Å²) in [6.07, 6.45) is 2.50. The van der Waals surface area contributed by atoms with Gasteiger partial charge in [0.05, 0.1) is 12.7 Å². The topological polar surface area (TPSA) is 71.6 Å². The van der Waals surface area contributed by atoms with E-state index in [1.807, 2.05) is 30.3 Å². The van der Waals surface area contributed by atoms with Crippen LogP contribution in [0.25, 0.3) is 11.5 Å². The number of aromatic nitrogens is 2. The predicted molar refractivity (Wildman–Crippen MR) is 85.0 cm³/mol. The van der Waals surface area contributed by atoms with Gasteiger partial charge >= 0.3 is 0 Å². The van der Waals surface area contributed by atoms with Crippen LogP contribution in [-0.4, -0.2) is 47.2 Å². The number of aliphatic hydroxyl groups excluding tert-OH is 1. The molecule has 1 aromatic heterocycles. The molecule has 23 heavy (non-hydrogen) atoms. The number of nitrogens with zero attached hydrogens (tertiary/aromatic N) is 3. The largest absolute Gasteiger partial charge is 0.393 e. The Morgan fingerprint density at radius 2 is 2.04 bits per heavy atom. The van der Waals surface area contributed by atoms with Crippen LogP contribution in [0.15, 0.2) is 34.9 Å². The minimum absolute atomic E-state index is 0.116. The Balaban J connectivity index is 1.56. The molecule has 0 spiro atoms. The molecule has 1 aromatic carbocycles. The normalized spacial score (nSPS) is 28.2. The molecule has 122 valence electrons. The molecule has 0 radical (unpaired) electrons. The fourth-order valence-electron chi connectivity index (χ4n) is 3.63. The van der Waals surface area contributed by atoms with E-state index in [0.29, 0.717) is 31.5 Å². The van der Waals surface area contributed by atoms with Crippen molar-refractivity contribution >= 4 is 5.95 Å². The van der Waals surface area contributed by atoms with Gasteiger partial charge in [0.1, 0.15) is 0 Å². The first kappa shape index (κ1) is 14.7. The van der Waals surface area contributed by atoms with Crippen LogP contribution < -0.4 is 4.90 Å². The first-order chi connectivity index (χ1) is 11.3. The van der Waals surface area contributed by atoms with Crippen molar-refractivity contribution in [2.24, 2.45) is 5.92 Å². The second kappa shape index (κ2) is 6.29. The number of aliphatic hydroxyl groups is 1. The summed E-state index contributed by atoms with van der Waals surface area (Å²) in [7, 11) is 0. The summed E-state index contributed by atoms with van der Waals surface area (Å²) in [5.41, 5.74) is 0.919. The fraction of sp³-hybridized carbons (Fsp3) is 0.529. The molecule has 6 heteroatoms. The highest BCUT2D eigenvalue weighted by Crippen LogP contribution is 2.33. The molecule has 0 unspecified atom stereocenters. The molecular weight excluding hydrogens is 294 g/mol. The Hall–Kier alpha value is -1.92. The summed E-state index contributed by atoms with van der Waals surface area (Å²) < 4.78 is 11.0. The third-order valence-electron chi connectivity index (χ3n) is 4.85. The molecule has 6 nitrogen and oxygen atoms in total. The zero-order valence-electron chi connectivity index (χ0n) is 13.0. The Kier molecular flexibility index (Phi) is 4.01. The third kappa shape index (κ3) is 2.84. The molecule has 0 aliphatic carbocycles. The smallest absolute Gasteiger partial charge is 0.266 e. The lowest BCUT2D eigenvalue weighted by Gasteiger charge is -2.36. The average Bonchev–Trinajstić information content (AvgIpc) is 3.25. The van der Waals surface area contributed by atoms with Crippen molar-refractivity contribution < 1.29 is 14.4 Å². The van der Waals surface area contributed by atoms with Gasteiger partial charge in [-0.1, -0.05) is 18.2 Å². The van der Waals surface area contributed by atoms with Gasteiger partial charge in [0.15, 0.2) is 0 Å². The van der Waals surface area contributed by atoms with E-state index in [-0.39, 0.29) is 18.1 Å². The highest BCUT2D eigenvalue weighted by atomic mass is 16.5. The minimum Gasteiger partial charge on any atom is -0.393 e. The van der Waals surface area contributed by atoms with Crippen molar-refractivity contribution in [2.45, 2.75) is 31.4 Å². The molecule has 0 saturated carbocycles. The van der Waals surface area contributed by atoms with Crippen molar-refractivity contribution in [3.63, 3.8) is 0 Å². The van der Waals surface area contributed by atoms with E-state index in [1.165, 1.54) is 0 Å². The summed E-state index contributed by atoms with van der Waals surface area (Å²) in [6.45, 7) is 2.14. The van der Waals surface area contributed by atoms with Gasteiger partial charge in [0.25, 0.3) is 11.8 Å². The standard InChI is InChI=1S/C17H21N3O3/c21-15-8-10-22-11-13(15)14-7-4-9-20(14)17-18-16(23-19-17)12-5-2-1-3-6-12/h1-3,5-6,13-15,21H,4,7-11H2/t13-,14+,15-/m1/s1. The Morgan fingerprint density at radius 1 is 1.17 bits per heavy atom. The average molecular weight is 315 g/mol. The summed E-state index contributed by atoms with van der Waals surface area (Å²) in [4.78, 5) is 6.72. The number of ether oxygens (including phenoxy) is 1. The highest BCUT2D eigenvalue weighted by molar-refractivity contribution is 5.54. The lowest BCUT2D eigenvalue weighted by atomic mass is 9.89. The van der Waals surface area contributed by atoms with Gasteiger partial charge < -0.3 is 19.3 Å². The van der Waals surface area contributed by atoms with E-state index in [1.54, 1.807) is 0 Å². The fourth-order valence-corrected chi connectivity index (χ4v) is 3.63. The summed E-state index contributed by atoms with van der Waals surface area (Å²) in [5, 5.41) is 14.5. The lowest BCUT2D eigenvalue weighted by Crippen LogP contribution is -2.46. The van der Waals surface area contributed by atoms with Crippen LogP contribution in [0.1, 0.15) is 19.3 Å². The van der Waals surface area contributed by atoms with Crippen molar-refractivity contribution in [2.75, 3.05) is 24.7 Å². The molecule has 1 N–H and O–H groups in total. The van der Waals surface area contributed by atoms with Crippen LogP contribution in [0.4, 0.5) is 5.95 Å². The molecule has 2 fully saturated rings. The first-order valence-corrected chi connectivity index (χ1v) is 8.24. The Morgan fingerprint density at radius 3 is 2.87 bits per heavy atom. The number of rotatable bonds is 3. The van der Waals surface area contributed by atoms with E-state index in [0.717, 1.165) is 24.9 Å². The quantitative estimate of drug-likeness (QED) is 0.935. The molecule has 2 saturated heterocycles. The lowest BCUT2D eigenvalue weighted by molar-refractivity contribution is -0.0439. The van der Waals surface area contributed by atoms with E-state index in [2.05, 4.69) is 15.0 Å². The van der Waals surface area contributed by atoms with E-state index < -0.39 is 0 Å². The third-order valence-corrected chi connectivity index (χ3v) is 4.85. The van der Waals surface area contributed by atoms with Crippen molar-refractivity contribution in [3.8, 4) is 11.5 Å². The van der Waals surface area contributed by atoms with Gasteiger partial charge in [-0.2, -0.15) is 4.98 Å². The van der Waals surface area contributed by atoms with Crippen LogP contribution >= 0.6 is 0 Å². The summed E-state index contributed by atoms with van der Waals surface area (Å²) in [5.74, 6) is 1.26. The maximum Gasteiger partial charge on any atom is 0.266 e. The molecule has 2 aliphatic heterocycles. The molecule has 0 amide bonds. The van der Waals surface area contributed by atoms with E-state index >= 15 is 0 Å². The van der Waals surface area contributed by atoms with Gasteiger partial charge in [0, 0.05) is 30.7 Å². The van der Waals surface area contributed by atoms with Crippen LogP contribution in [0.3, 0.4) is 0 Å².